The summed E-state index contributed by atoms with van der Waals surface area (Å²) in [6, 6.07) is 0. The van der Waals surface area contributed by atoms with Crippen molar-refractivity contribution in [1.82, 2.24) is 14.7 Å². The smallest absolute Gasteiger partial charge is 0.162 e. The Morgan fingerprint density at radius 1 is 1.42 bits per heavy atom. The molecule has 1 N–H and O–H groups in total. The quantitative estimate of drug-likeness (QED) is 0.782. The van der Waals surface area contributed by atoms with Gasteiger partial charge in [0.2, 0.25) is 0 Å². The van der Waals surface area contributed by atoms with Gasteiger partial charge in [0, 0.05) is 6.54 Å². The molecule has 0 aliphatic heterocycles. The second-order valence-corrected chi connectivity index (χ2v) is 5.22. The largest absolute Gasteiger partial charge is 0.493 e. The fourth-order valence-electron chi connectivity index (χ4n) is 2.33. The van der Waals surface area contributed by atoms with Crippen molar-refractivity contribution in [1.29, 1.82) is 0 Å². The molecule has 0 saturated heterocycles. The Morgan fingerprint density at radius 2 is 2.11 bits per heavy atom. The average molecular weight is 269 g/mol. The number of nitrogens with zero attached hydrogens (tertiary/aromatic N) is 3. The molecule has 5 nitrogen and oxygen atoms in total. The highest BCUT2D eigenvalue weighted by Crippen LogP contribution is 2.36. The number of rotatable bonds is 8. The number of methoxy groups -OCH3 is 1. The molecule has 0 spiro atoms. The van der Waals surface area contributed by atoms with Crippen LogP contribution in [0.3, 0.4) is 0 Å². The summed E-state index contributed by atoms with van der Waals surface area (Å²) in [5.74, 6) is 0.677. The van der Waals surface area contributed by atoms with E-state index in [0.29, 0.717) is 18.6 Å². The van der Waals surface area contributed by atoms with E-state index in [1.54, 1.807) is 13.3 Å². The second-order valence-electron chi connectivity index (χ2n) is 5.22. The van der Waals surface area contributed by atoms with E-state index >= 15 is 0 Å². The van der Waals surface area contributed by atoms with Crippen LogP contribution >= 0.6 is 0 Å². The lowest BCUT2D eigenvalue weighted by atomic mass is 9.90. The first-order valence-electron chi connectivity index (χ1n) is 6.95. The molecule has 0 radical (unpaired) electrons. The molecule has 1 aromatic rings. The SMILES string of the molecule is CCCC(O)(CC)c1c(OC)cnn1CCN(C)C. The molecule has 1 aromatic heterocycles. The Labute approximate surface area is 116 Å². The first-order chi connectivity index (χ1) is 8.98. The highest BCUT2D eigenvalue weighted by Gasteiger charge is 2.33. The molecular formula is C14H27N3O2. The van der Waals surface area contributed by atoms with Gasteiger partial charge in [-0.05, 0) is 26.9 Å². The fraction of sp³-hybridized carbons (Fsp3) is 0.786. The standard InChI is InChI=1S/C14H27N3O2/c1-6-8-14(18,7-2)13-12(19-5)11-15-17(13)10-9-16(3)4/h11,18H,6-10H2,1-5H3. The summed E-state index contributed by atoms with van der Waals surface area (Å²) in [5.41, 5.74) is -0.0516. The van der Waals surface area contributed by atoms with Gasteiger partial charge in [-0.1, -0.05) is 20.3 Å². The van der Waals surface area contributed by atoms with Crippen molar-refractivity contribution in [2.24, 2.45) is 0 Å². The maximum atomic E-state index is 10.9. The van der Waals surface area contributed by atoms with Crippen LogP contribution in [0.15, 0.2) is 6.20 Å². The summed E-state index contributed by atoms with van der Waals surface area (Å²) in [7, 11) is 5.68. The van der Waals surface area contributed by atoms with Crippen LogP contribution in [0, 0.1) is 0 Å². The van der Waals surface area contributed by atoms with Gasteiger partial charge < -0.3 is 14.7 Å². The lowest BCUT2D eigenvalue weighted by molar-refractivity contribution is 0.0111. The topological polar surface area (TPSA) is 50.5 Å². The van der Waals surface area contributed by atoms with Crippen LogP contribution in [-0.2, 0) is 12.1 Å². The van der Waals surface area contributed by atoms with Crippen LogP contribution in [0.1, 0.15) is 38.8 Å². The molecule has 1 unspecified atom stereocenters. The van der Waals surface area contributed by atoms with Crippen LogP contribution in [0.2, 0.25) is 0 Å². The minimum Gasteiger partial charge on any atom is -0.493 e. The van der Waals surface area contributed by atoms with Gasteiger partial charge in [0.1, 0.15) is 11.3 Å². The molecule has 0 aromatic carbocycles. The lowest BCUT2D eigenvalue weighted by Gasteiger charge is -2.28. The summed E-state index contributed by atoms with van der Waals surface area (Å²) in [5, 5.41) is 15.2. The second kappa shape index (κ2) is 6.91. The Bertz CT molecular complexity index is 390. The highest BCUT2D eigenvalue weighted by atomic mass is 16.5. The summed E-state index contributed by atoms with van der Waals surface area (Å²) >= 11 is 0. The maximum Gasteiger partial charge on any atom is 0.162 e. The molecule has 0 bridgehead atoms. The van der Waals surface area contributed by atoms with Crippen LogP contribution in [0.25, 0.3) is 0 Å². The van der Waals surface area contributed by atoms with Crippen molar-refractivity contribution < 1.29 is 9.84 Å². The molecule has 1 heterocycles. The van der Waals surface area contributed by atoms with Crippen LogP contribution in [0.5, 0.6) is 5.75 Å². The number of likely N-dealkylation sites (N-methyl/N-ethyl adjacent to an activating group) is 1. The monoisotopic (exact) mass is 269 g/mol. The van der Waals surface area contributed by atoms with E-state index in [-0.39, 0.29) is 0 Å². The van der Waals surface area contributed by atoms with Gasteiger partial charge in [0.05, 0.1) is 19.9 Å². The highest BCUT2D eigenvalue weighted by molar-refractivity contribution is 5.30. The molecule has 0 amide bonds. The molecule has 110 valence electrons. The zero-order valence-corrected chi connectivity index (χ0v) is 12.8. The summed E-state index contributed by atoms with van der Waals surface area (Å²) < 4.78 is 7.24. The molecule has 19 heavy (non-hydrogen) atoms. The van der Waals surface area contributed by atoms with Crippen molar-refractivity contribution in [2.75, 3.05) is 27.7 Å². The summed E-state index contributed by atoms with van der Waals surface area (Å²) in [6.45, 7) is 5.70. The van der Waals surface area contributed by atoms with Gasteiger partial charge in [-0.25, -0.2) is 0 Å². The number of ether oxygens (including phenoxy) is 1. The van der Waals surface area contributed by atoms with Crippen LogP contribution in [0.4, 0.5) is 0 Å². The van der Waals surface area contributed by atoms with Crippen molar-refractivity contribution >= 4 is 0 Å². The van der Waals surface area contributed by atoms with Crippen molar-refractivity contribution in [3.63, 3.8) is 0 Å². The predicted molar refractivity (Wildman–Crippen MR) is 76.4 cm³/mol. The first kappa shape index (κ1) is 16.0. The van der Waals surface area contributed by atoms with Crippen LogP contribution < -0.4 is 4.74 Å². The lowest BCUT2D eigenvalue weighted by Crippen LogP contribution is -2.30. The molecule has 0 fully saturated rings. The van der Waals surface area contributed by atoms with Gasteiger partial charge in [-0.3, -0.25) is 4.68 Å². The number of aromatic nitrogens is 2. The van der Waals surface area contributed by atoms with Gasteiger partial charge >= 0.3 is 0 Å². The molecule has 0 saturated carbocycles. The summed E-state index contributed by atoms with van der Waals surface area (Å²) in [4.78, 5) is 2.10. The molecule has 5 heteroatoms. The van der Waals surface area contributed by atoms with E-state index in [1.165, 1.54) is 0 Å². The van der Waals surface area contributed by atoms with E-state index in [4.69, 9.17) is 4.74 Å². The van der Waals surface area contributed by atoms with E-state index in [0.717, 1.165) is 25.2 Å². The Hall–Kier alpha value is -1.07. The van der Waals surface area contributed by atoms with E-state index < -0.39 is 5.60 Å². The normalized spacial score (nSPS) is 14.7. The average Bonchev–Trinajstić information content (AvgIpc) is 2.80. The van der Waals surface area contributed by atoms with E-state index in [1.807, 2.05) is 25.7 Å². The third-order valence-corrected chi connectivity index (χ3v) is 3.47. The third kappa shape index (κ3) is 3.70. The molecule has 1 rings (SSSR count). The van der Waals surface area contributed by atoms with E-state index in [9.17, 15) is 5.11 Å². The first-order valence-corrected chi connectivity index (χ1v) is 6.95. The van der Waals surface area contributed by atoms with Gasteiger partial charge in [-0.15, -0.1) is 0 Å². The minimum absolute atomic E-state index is 0.658. The molecule has 1 atom stereocenters. The maximum absolute atomic E-state index is 10.9. The zero-order chi connectivity index (χ0) is 14.5. The number of hydrogen-bond donors (Lipinski definition) is 1. The molecule has 0 aliphatic carbocycles. The molecular weight excluding hydrogens is 242 g/mol. The van der Waals surface area contributed by atoms with Gasteiger partial charge in [-0.2, -0.15) is 5.10 Å². The zero-order valence-electron chi connectivity index (χ0n) is 12.8. The predicted octanol–water partition coefficient (Wildman–Crippen LogP) is 1.85. The van der Waals surface area contributed by atoms with E-state index in [2.05, 4.69) is 16.9 Å². The number of aliphatic hydroxyl groups is 1. The third-order valence-electron chi connectivity index (χ3n) is 3.47. The fourth-order valence-corrected chi connectivity index (χ4v) is 2.33. The molecule has 0 aliphatic rings. The van der Waals surface area contributed by atoms with Crippen LogP contribution in [-0.4, -0.2) is 47.5 Å². The van der Waals surface area contributed by atoms with Crippen molar-refractivity contribution in [3.8, 4) is 5.75 Å². The summed E-state index contributed by atoms with van der Waals surface area (Å²) in [6.07, 6.45) is 3.99. The Kier molecular flexibility index (Phi) is 5.82. The van der Waals surface area contributed by atoms with Gasteiger partial charge in [0.15, 0.2) is 5.75 Å². The Balaban J connectivity index is 3.10. The number of hydrogen-bond acceptors (Lipinski definition) is 4. The van der Waals surface area contributed by atoms with Crippen molar-refractivity contribution in [3.05, 3.63) is 11.9 Å². The minimum atomic E-state index is -0.858. The Morgan fingerprint density at radius 3 is 2.58 bits per heavy atom. The van der Waals surface area contributed by atoms with Gasteiger partial charge in [0.25, 0.3) is 0 Å². The van der Waals surface area contributed by atoms with Crippen molar-refractivity contribution in [2.45, 2.75) is 45.3 Å².